The Kier molecular flexibility index (Phi) is 26.5. The van der Waals surface area contributed by atoms with E-state index in [1.54, 1.807) is 0 Å². The molecule has 0 saturated heterocycles. The Bertz CT molecular complexity index is 304. The van der Waals surface area contributed by atoms with Crippen molar-refractivity contribution in [1.82, 2.24) is 0 Å². The van der Waals surface area contributed by atoms with Crippen molar-refractivity contribution in [1.29, 1.82) is 0 Å². The summed E-state index contributed by atoms with van der Waals surface area (Å²) >= 11 is 0. The first-order valence-electron chi connectivity index (χ1n) is 10.2. The van der Waals surface area contributed by atoms with Crippen molar-refractivity contribution in [3.8, 4) is 0 Å². The number of ether oxygens (including phenoxy) is 1. The minimum absolute atomic E-state index is 0. The molecule has 0 spiro atoms. The molecule has 0 aliphatic heterocycles. The molecule has 0 fully saturated rings. The minimum atomic E-state index is -1.25. The van der Waals surface area contributed by atoms with Crippen LogP contribution < -0.4 is 74.0 Å². The molecule has 0 aliphatic rings. The quantitative estimate of drug-likeness (QED) is 0.186. The molecule has 0 heterocycles. The Morgan fingerprint density at radius 1 is 0.840 bits per heavy atom. The Morgan fingerprint density at radius 2 is 1.28 bits per heavy atom. The summed E-state index contributed by atoms with van der Waals surface area (Å²) in [6.07, 6.45) is 21.1. The average molecular weight is 472 g/mol. The first-order valence-corrected chi connectivity index (χ1v) is 10.2. The summed E-state index contributed by atoms with van der Waals surface area (Å²) in [7, 11) is 0. The summed E-state index contributed by atoms with van der Waals surface area (Å²) in [4.78, 5) is 11.0. The van der Waals surface area contributed by atoms with Gasteiger partial charge in [-0.3, -0.25) is 4.79 Å². The van der Waals surface area contributed by atoms with Crippen molar-refractivity contribution in [3.63, 3.8) is 0 Å². The van der Waals surface area contributed by atoms with Gasteiger partial charge in [-0.25, -0.2) is 0 Å². The largest absolute Gasteiger partial charge is 1.00 e. The molecule has 0 aromatic heterocycles. The molecule has 4 heteroatoms. The minimum Gasteiger partial charge on any atom is -0.844 e. The van der Waals surface area contributed by atoms with Crippen molar-refractivity contribution in [2.45, 2.75) is 110 Å². The maximum absolute atomic E-state index is 11.0. The Hall–Kier alpha value is 1.22. The Balaban J connectivity index is 0. The fraction of sp³-hybridized carbons (Fsp3) is 0.857. The Labute approximate surface area is 215 Å². The molecule has 142 valence electrons. The van der Waals surface area contributed by atoms with E-state index in [0.29, 0.717) is 6.61 Å². The molecule has 0 saturated carbocycles. The van der Waals surface area contributed by atoms with Gasteiger partial charge in [-0.05, 0) is 38.2 Å². The van der Waals surface area contributed by atoms with E-state index in [0.717, 1.165) is 12.8 Å². The molecular formula is C21H39CsO3. The molecule has 3 nitrogen and oxygen atoms in total. The maximum atomic E-state index is 11.0. The third-order valence-electron chi connectivity index (χ3n) is 4.23. The van der Waals surface area contributed by atoms with Crippen LogP contribution in [0, 0.1) is 0 Å². The van der Waals surface area contributed by atoms with Gasteiger partial charge in [0.05, 0.1) is 6.61 Å². The zero-order valence-corrected chi connectivity index (χ0v) is 23.3. The van der Waals surface area contributed by atoms with Crippen molar-refractivity contribution in [2.75, 3.05) is 6.61 Å². The number of carbonyl (C=O) groups excluding carboxylic acids is 1. The summed E-state index contributed by atoms with van der Waals surface area (Å²) in [6, 6.07) is 0. The van der Waals surface area contributed by atoms with Crippen molar-refractivity contribution in [3.05, 3.63) is 12.2 Å². The van der Waals surface area contributed by atoms with Crippen LogP contribution in [-0.2, 0) is 9.53 Å². The van der Waals surface area contributed by atoms with E-state index in [9.17, 15) is 9.90 Å². The standard InChI is InChI=1S/C21H39O3.Cs/c1-3-4-5-6-7-8-9-10-11-12-13-14-15-16-17-18-19-24-21(23)20(2)22;/h10-11,20H,3-9,12-19H2,1-2H3;/q-1;+1/b11-10-;. The van der Waals surface area contributed by atoms with Gasteiger partial charge in [-0.15, -0.1) is 0 Å². The molecule has 0 bridgehead atoms. The molecule has 0 aliphatic carbocycles. The van der Waals surface area contributed by atoms with E-state index in [1.165, 1.54) is 84.0 Å². The van der Waals surface area contributed by atoms with Gasteiger partial charge in [0.1, 0.15) is 0 Å². The van der Waals surface area contributed by atoms with Crippen LogP contribution in [0.1, 0.15) is 104 Å². The van der Waals surface area contributed by atoms with Crippen molar-refractivity contribution < 1.29 is 83.5 Å². The molecule has 0 N–H and O–H groups in total. The topological polar surface area (TPSA) is 49.4 Å². The monoisotopic (exact) mass is 472 g/mol. The van der Waals surface area contributed by atoms with Crippen molar-refractivity contribution >= 4 is 5.97 Å². The van der Waals surface area contributed by atoms with Crippen LogP contribution in [0.15, 0.2) is 12.2 Å². The number of allylic oxidation sites excluding steroid dienone is 2. The third kappa shape index (κ3) is 23.2. The van der Waals surface area contributed by atoms with E-state index in [-0.39, 0.29) is 68.9 Å². The number of carbonyl (C=O) groups is 1. The maximum Gasteiger partial charge on any atom is 1.00 e. The van der Waals surface area contributed by atoms with Gasteiger partial charge in [0.25, 0.3) is 5.97 Å². The van der Waals surface area contributed by atoms with Gasteiger partial charge in [0.2, 0.25) is 0 Å². The van der Waals surface area contributed by atoms with Crippen molar-refractivity contribution in [2.24, 2.45) is 0 Å². The van der Waals surface area contributed by atoms with Crippen LogP contribution in [0.25, 0.3) is 0 Å². The van der Waals surface area contributed by atoms with Crippen LogP contribution in [0.2, 0.25) is 0 Å². The second-order valence-electron chi connectivity index (χ2n) is 6.75. The molecule has 25 heavy (non-hydrogen) atoms. The zero-order valence-electron chi connectivity index (χ0n) is 17.1. The van der Waals surface area contributed by atoms with Crippen LogP contribution in [0.5, 0.6) is 0 Å². The summed E-state index contributed by atoms with van der Waals surface area (Å²) < 4.78 is 4.86. The van der Waals surface area contributed by atoms with Gasteiger partial charge in [-0.2, -0.15) is 0 Å². The number of hydrogen-bond donors (Lipinski definition) is 0. The predicted octanol–water partition coefficient (Wildman–Crippen LogP) is 2.32. The van der Waals surface area contributed by atoms with Crippen LogP contribution in [-0.4, -0.2) is 18.7 Å². The summed E-state index contributed by atoms with van der Waals surface area (Å²) in [5.41, 5.74) is 0. The fourth-order valence-electron chi connectivity index (χ4n) is 2.64. The van der Waals surface area contributed by atoms with Gasteiger partial charge in [0.15, 0.2) is 0 Å². The van der Waals surface area contributed by atoms with E-state index in [4.69, 9.17) is 4.74 Å². The van der Waals surface area contributed by atoms with E-state index >= 15 is 0 Å². The Morgan fingerprint density at radius 3 is 1.76 bits per heavy atom. The first kappa shape index (κ1) is 28.4. The molecule has 0 rings (SSSR count). The van der Waals surface area contributed by atoms with Gasteiger partial charge >= 0.3 is 68.9 Å². The van der Waals surface area contributed by atoms with Crippen LogP contribution in [0.3, 0.4) is 0 Å². The molecule has 1 unspecified atom stereocenters. The predicted molar refractivity (Wildman–Crippen MR) is 99.9 cm³/mol. The zero-order chi connectivity index (χ0) is 17.9. The smallest absolute Gasteiger partial charge is 0.844 e. The molecule has 0 aromatic rings. The van der Waals surface area contributed by atoms with Gasteiger partial charge in [0, 0.05) is 0 Å². The fourth-order valence-corrected chi connectivity index (χ4v) is 2.64. The molecule has 0 amide bonds. The first-order chi connectivity index (χ1) is 11.7. The second-order valence-corrected chi connectivity index (χ2v) is 6.75. The molecule has 1 atom stereocenters. The van der Waals surface area contributed by atoms with Gasteiger partial charge < -0.3 is 9.84 Å². The number of esters is 1. The summed E-state index contributed by atoms with van der Waals surface area (Å²) in [5, 5.41) is 10.7. The van der Waals surface area contributed by atoms with Gasteiger partial charge in [-0.1, -0.05) is 83.8 Å². The number of rotatable bonds is 17. The number of unbranched alkanes of at least 4 members (excludes halogenated alkanes) is 12. The summed E-state index contributed by atoms with van der Waals surface area (Å²) in [6.45, 7) is 3.98. The SMILES string of the molecule is CCCCCCCC/C=C\CCCCCCCCOC(=O)C(C)[O-].[Cs+]. The third-order valence-corrected chi connectivity index (χ3v) is 4.23. The van der Waals surface area contributed by atoms with E-state index in [2.05, 4.69) is 19.1 Å². The van der Waals surface area contributed by atoms with Crippen LogP contribution >= 0.6 is 0 Å². The molecule has 0 radical (unpaired) electrons. The molecular weight excluding hydrogens is 433 g/mol. The second kappa shape index (κ2) is 23.3. The van der Waals surface area contributed by atoms with E-state index < -0.39 is 12.1 Å². The number of hydrogen-bond acceptors (Lipinski definition) is 3. The molecule has 0 aromatic carbocycles. The van der Waals surface area contributed by atoms with Crippen LogP contribution in [0.4, 0.5) is 0 Å². The normalized spacial score (nSPS) is 12.1. The summed E-state index contributed by atoms with van der Waals surface area (Å²) in [5.74, 6) is -0.622. The van der Waals surface area contributed by atoms with E-state index in [1.807, 2.05) is 0 Å². The average Bonchev–Trinajstić information content (AvgIpc) is 2.57.